The maximum absolute atomic E-state index is 2.28. The quantitative estimate of drug-likeness (QED) is 0.467. The first-order valence-electron chi connectivity index (χ1n) is 2.67. The van der Waals surface area contributed by atoms with E-state index in [1.807, 2.05) is 6.08 Å². The van der Waals surface area contributed by atoms with Gasteiger partial charge in [0.05, 0.1) is 0 Å². The number of hydrogen-bond donors (Lipinski definition) is 0. The summed E-state index contributed by atoms with van der Waals surface area (Å²) in [6, 6.07) is 0. The molecule has 0 aromatic carbocycles. The molecule has 1 heterocycles. The Labute approximate surface area is 56.9 Å². The van der Waals surface area contributed by atoms with Gasteiger partial charge in [0.2, 0.25) is 0 Å². The zero-order valence-corrected chi connectivity index (χ0v) is 7.04. The molecule has 1 heteroatoms. The van der Waals surface area contributed by atoms with Crippen LogP contribution >= 0.6 is 0 Å². The average Bonchev–Trinajstić information content (AvgIpc) is 1.62. The SMILES string of the molecule is C1=C\C=[CH]/[Ga]=[CH]\C=C/1. The van der Waals surface area contributed by atoms with Gasteiger partial charge >= 0.3 is 56.5 Å². The molecule has 0 bridgehead atoms. The van der Waals surface area contributed by atoms with Crippen LogP contribution in [0.4, 0.5) is 0 Å². The molecular formula is C7H7Ga. The predicted octanol–water partition coefficient (Wildman–Crippen LogP) is 1.13. The van der Waals surface area contributed by atoms with Gasteiger partial charge in [0.25, 0.3) is 0 Å². The van der Waals surface area contributed by atoms with Gasteiger partial charge in [0.1, 0.15) is 0 Å². The zero-order valence-electron chi connectivity index (χ0n) is 4.62. The Morgan fingerprint density at radius 2 is 1.50 bits per heavy atom. The summed E-state index contributed by atoms with van der Waals surface area (Å²) in [5.41, 5.74) is 0. The van der Waals surface area contributed by atoms with Crippen LogP contribution in [0.1, 0.15) is 0 Å². The summed E-state index contributed by atoms with van der Waals surface area (Å²) in [6.07, 6.45) is 10.4. The van der Waals surface area contributed by atoms with Crippen molar-refractivity contribution in [2.24, 2.45) is 0 Å². The molecular weight excluding hydrogens is 154 g/mol. The summed E-state index contributed by atoms with van der Waals surface area (Å²) in [5, 5.41) is 0. The van der Waals surface area contributed by atoms with Crippen molar-refractivity contribution in [3.05, 3.63) is 35.0 Å². The number of hydrogen-bond acceptors (Lipinski definition) is 0. The molecule has 1 rings (SSSR count). The van der Waals surface area contributed by atoms with Gasteiger partial charge in [0.15, 0.2) is 0 Å². The molecule has 0 N–H and O–H groups in total. The van der Waals surface area contributed by atoms with Crippen molar-refractivity contribution in [3.63, 3.8) is 0 Å². The number of allylic oxidation sites excluding steroid dienone is 5. The molecule has 38 valence electrons. The van der Waals surface area contributed by atoms with Crippen LogP contribution in [-0.4, -0.2) is 21.5 Å². The van der Waals surface area contributed by atoms with Crippen LogP contribution in [0.2, 0.25) is 0 Å². The molecule has 0 unspecified atom stereocenters. The summed E-state index contributed by atoms with van der Waals surface area (Å²) >= 11 is -0.123. The fraction of sp³-hybridized carbons (Fsp3) is 0. The Bertz CT molecular complexity index is 105. The summed E-state index contributed by atoms with van der Waals surface area (Å²) in [4.78, 5) is 0. The third-order valence-corrected chi connectivity index (χ3v) is 2.75. The van der Waals surface area contributed by atoms with Crippen molar-refractivity contribution in [3.8, 4) is 0 Å². The van der Waals surface area contributed by atoms with E-state index in [1.165, 1.54) is 0 Å². The average molecular weight is 161 g/mol. The molecule has 0 atom stereocenters. The minimum atomic E-state index is -0.123. The van der Waals surface area contributed by atoms with Gasteiger partial charge in [0, 0.05) is 0 Å². The van der Waals surface area contributed by atoms with E-state index >= 15 is 0 Å². The summed E-state index contributed by atoms with van der Waals surface area (Å²) in [7, 11) is 0. The maximum atomic E-state index is 2.28. The molecule has 0 nitrogen and oxygen atoms in total. The second-order valence-corrected chi connectivity index (χ2v) is 3.96. The molecule has 0 spiro atoms. The van der Waals surface area contributed by atoms with Gasteiger partial charge in [-0.3, -0.25) is 0 Å². The van der Waals surface area contributed by atoms with E-state index in [0.29, 0.717) is 0 Å². The summed E-state index contributed by atoms with van der Waals surface area (Å²) in [6.45, 7) is 0. The van der Waals surface area contributed by atoms with Gasteiger partial charge in [-0.2, -0.15) is 0 Å². The van der Waals surface area contributed by atoms with Crippen LogP contribution in [0.5, 0.6) is 0 Å². The van der Waals surface area contributed by atoms with Crippen molar-refractivity contribution in [2.45, 2.75) is 0 Å². The van der Waals surface area contributed by atoms with Gasteiger partial charge in [-0.1, -0.05) is 0 Å². The van der Waals surface area contributed by atoms with Gasteiger partial charge < -0.3 is 0 Å². The van der Waals surface area contributed by atoms with E-state index in [4.69, 9.17) is 0 Å². The van der Waals surface area contributed by atoms with E-state index in [9.17, 15) is 0 Å². The van der Waals surface area contributed by atoms with Crippen LogP contribution in [0.25, 0.3) is 0 Å². The Hall–Kier alpha value is -0.274. The van der Waals surface area contributed by atoms with Gasteiger partial charge in [-0.25, -0.2) is 0 Å². The Morgan fingerprint density at radius 1 is 0.750 bits per heavy atom. The minimum absolute atomic E-state index is 0.123. The van der Waals surface area contributed by atoms with E-state index in [1.54, 1.807) is 0 Å². The van der Waals surface area contributed by atoms with Crippen LogP contribution in [-0.2, 0) is 0 Å². The third kappa shape index (κ3) is 2.14. The fourth-order valence-corrected chi connectivity index (χ4v) is 1.86. The molecule has 1 aliphatic heterocycles. The van der Waals surface area contributed by atoms with Crippen molar-refractivity contribution in [1.82, 2.24) is 0 Å². The van der Waals surface area contributed by atoms with E-state index < -0.39 is 0 Å². The zero-order chi connectivity index (χ0) is 5.66. The third-order valence-electron chi connectivity index (χ3n) is 0.889. The first-order valence-corrected chi connectivity index (χ1v) is 5.46. The van der Waals surface area contributed by atoms with E-state index in [2.05, 4.69) is 33.5 Å². The van der Waals surface area contributed by atoms with Gasteiger partial charge in [-0.05, 0) is 0 Å². The van der Waals surface area contributed by atoms with Crippen molar-refractivity contribution in [2.75, 3.05) is 0 Å². The first-order chi connectivity index (χ1) is 4.00. The molecule has 8 heavy (non-hydrogen) atoms. The Kier molecular flexibility index (Phi) is 2.70. The molecule has 1 aliphatic rings. The van der Waals surface area contributed by atoms with Crippen molar-refractivity contribution >= 4 is 21.5 Å². The van der Waals surface area contributed by atoms with Crippen LogP contribution in [0.3, 0.4) is 0 Å². The second kappa shape index (κ2) is 3.69. The summed E-state index contributed by atoms with van der Waals surface area (Å²) < 4.78 is 4.56. The predicted molar refractivity (Wildman–Crippen MR) is 39.2 cm³/mol. The van der Waals surface area contributed by atoms with E-state index in [-0.39, 0.29) is 17.0 Å². The molecule has 0 aliphatic carbocycles. The van der Waals surface area contributed by atoms with Crippen molar-refractivity contribution in [1.29, 1.82) is 0 Å². The molecule has 0 radical (unpaired) electrons. The Morgan fingerprint density at radius 3 is 2.50 bits per heavy atom. The molecule has 0 saturated heterocycles. The topological polar surface area (TPSA) is 0 Å². The molecule has 0 fully saturated rings. The molecule has 0 amide bonds. The van der Waals surface area contributed by atoms with Crippen molar-refractivity contribution < 1.29 is 0 Å². The Balaban J connectivity index is 2.67. The molecule has 0 saturated carbocycles. The summed E-state index contributed by atoms with van der Waals surface area (Å²) in [5.74, 6) is 0. The monoisotopic (exact) mass is 160 g/mol. The van der Waals surface area contributed by atoms with E-state index in [0.717, 1.165) is 0 Å². The molecule has 0 aromatic rings. The fourth-order valence-electron chi connectivity index (χ4n) is 0.513. The second-order valence-electron chi connectivity index (χ2n) is 1.54. The van der Waals surface area contributed by atoms with Crippen LogP contribution < -0.4 is 0 Å². The normalized spacial score (nSPS) is 30.0. The first kappa shape index (κ1) is 5.86. The molecule has 0 aromatic heterocycles. The van der Waals surface area contributed by atoms with Crippen LogP contribution in [0, 0.1) is 0 Å². The standard InChI is InChI=1S/C7H7.Ga/c1-3-5-7-6-4-2;/h1-7H;/b3-1?,6-4-,7-5-;. The number of rotatable bonds is 0. The van der Waals surface area contributed by atoms with Gasteiger partial charge in [-0.15, -0.1) is 0 Å². The van der Waals surface area contributed by atoms with Crippen LogP contribution in [0.15, 0.2) is 35.0 Å².